The number of aromatic nitrogens is 2. The summed E-state index contributed by atoms with van der Waals surface area (Å²) < 4.78 is 5.32. The van der Waals surface area contributed by atoms with E-state index in [-0.39, 0.29) is 11.6 Å². The Labute approximate surface area is 162 Å². The van der Waals surface area contributed by atoms with E-state index in [1.54, 1.807) is 25.3 Å². The summed E-state index contributed by atoms with van der Waals surface area (Å²) in [5.74, 6) is 1.07. The Morgan fingerprint density at radius 3 is 2.41 bits per heavy atom. The lowest BCUT2D eigenvalue weighted by molar-refractivity contribution is 0.0945. The summed E-state index contributed by atoms with van der Waals surface area (Å²) in [4.78, 5) is 12.2. The Morgan fingerprint density at radius 1 is 0.963 bits per heavy atom. The summed E-state index contributed by atoms with van der Waals surface area (Å²) in [6, 6.07) is 18.4. The van der Waals surface area contributed by atoms with Crippen LogP contribution < -0.4 is 15.4 Å². The van der Waals surface area contributed by atoms with Gasteiger partial charge in [-0.25, -0.2) is 0 Å². The van der Waals surface area contributed by atoms with E-state index in [1.165, 1.54) is 0 Å². The van der Waals surface area contributed by atoms with Crippen molar-refractivity contribution in [3.63, 3.8) is 0 Å². The number of anilines is 1. The van der Waals surface area contributed by atoms with Crippen molar-refractivity contribution in [2.24, 2.45) is 0 Å². The smallest absolute Gasteiger partial charge is 0.272 e. The maximum atomic E-state index is 12.2. The minimum Gasteiger partial charge on any atom is -0.496 e. The van der Waals surface area contributed by atoms with Crippen LogP contribution in [0.1, 0.15) is 21.6 Å². The van der Waals surface area contributed by atoms with Gasteiger partial charge in [0.1, 0.15) is 11.6 Å². The molecule has 0 atom stereocenters. The fourth-order valence-electron chi connectivity index (χ4n) is 2.49. The number of para-hydroxylation sites is 1. The van der Waals surface area contributed by atoms with Gasteiger partial charge in [0, 0.05) is 23.7 Å². The molecular formula is C20H19ClN4O2. The molecule has 0 spiro atoms. The zero-order valence-electron chi connectivity index (χ0n) is 14.8. The van der Waals surface area contributed by atoms with Gasteiger partial charge in [-0.15, -0.1) is 10.2 Å². The van der Waals surface area contributed by atoms with Crippen molar-refractivity contribution in [1.82, 2.24) is 15.5 Å². The number of carbonyl (C=O) groups is 1. The highest BCUT2D eigenvalue weighted by atomic mass is 35.5. The molecule has 3 rings (SSSR count). The van der Waals surface area contributed by atoms with Crippen LogP contribution >= 0.6 is 11.6 Å². The van der Waals surface area contributed by atoms with Gasteiger partial charge in [-0.2, -0.15) is 0 Å². The molecule has 7 heteroatoms. The van der Waals surface area contributed by atoms with Crippen LogP contribution in [0.25, 0.3) is 0 Å². The van der Waals surface area contributed by atoms with Crippen molar-refractivity contribution in [2.45, 2.75) is 13.1 Å². The standard InChI is InChI=1S/C20H19ClN4O2/c1-27-18-9-5-3-7-15(18)13-22-19-11-10-17(24-25-19)20(26)23-12-14-6-2-4-8-16(14)21/h2-11H,12-13H2,1H3,(H,22,25)(H,23,26). The summed E-state index contributed by atoms with van der Waals surface area (Å²) >= 11 is 6.08. The quantitative estimate of drug-likeness (QED) is 0.651. The molecule has 1 heterocycles. The third kappa shape index (κ3) is 4.95. The lowest BCUT2D eigenvalue weighted by Crippen LogP contribution is -2.24. The number of methoxy groups -OCH3 is 1. The molecule has 6 nitrogen and oxygen atoms in total. The van der Waals surface area contributed by atoms with Crippen LogP contribution in [0.4, 0.5) is 5.82 Å². The number of hydrogen-bond acceptors (Lipinski definition) is 5. The molecule has 3 aromatic rings. The van der Waals surface area contributed by atoms with E-state index in [2.05, 4.69) is 20.8 Å². The molecule has 138 valence electrons. The molecule has 2 aromatic carbocycles. The van der Waals surface area contributed by atoms with Crippen molar-refractivity contribution < 1.29 is 9.53 Å². The zero-order chi connectivity index (χ0) is 19.1. The monoisotopic (exact) mass is 382 g/mol. The van der Waals surface area contributed by atoms with Gasteiger partial charge in [0.2, 0.25) is 0 Å². The van der Waals surface area contributed by atoms with E-state index < -0.39 is 0 Å². The number of nitrogens with zero attached hydrogens (tertiary/aromatic N) is 2. The lowest BCUT2D eigenvalue weighted by Gasteiger charge is -2.10. The van der Waals surface area contributed by atoms with E-state index in [0.717, 1.165) is 16.9 Å². The Bertz CT molecular complexity index is 916. The number of amides is 1. The van der Waals surface area contributed by atoms with Crippen LogP contribution in [-0.4, -0.2) is 23.2 Å². The van der Waals surface area contributed by atoms with Crippen LogP contribution in [0.3, 0.4) is 0 Å². The molecule has 1 aromatic heterocycles. The number of rotatable bonds is 7. The molecule has 0 aliphatic carbocycles. The van der Waals surface area contributed by atoms with Crippen molar-refractivity contribution in [3.05, 3.63) is 82.5 Å². The first kappa shape index (κ1) is 18.7. The van der Waals surface area contributed by atoms with Gasteiger partial charge in [-0.05, 0) is 29.8 Å². The Kier molecular flexibility index (Phi) is 6.22. The summed E-state index contributed by atoms with van der Waals surface area (Å²) in [7, 11) is 1.63. The number of hydrogen-bond donors (Lipinski definition) is 2. The molecule has 0 aliphatic rings. The molecular weight excluding hydrogens is 364 g/mol. The van der Waals surface area contributed by atoms with E-state index >= 15 is 0 Å². The molecule has 0 unspecified atom stereocenters. The van der Waals surface area contributed by atoms with Crippen LogP contribution in [0.5, 0.6) is 5.75 Å². The molecule has 0 bridgehead atoms. The van der Waals surface area contributed by atoms with Crippen LogP contribution in [-0.2, 0) is 13.1 Å². The second kappa shape index (κ2) is 9.00. The largest absolute Gasteiger partial charge is 0.496 e. The Balaban J connectivity index is 1.56. The summed E-state index contributed by atoms with van der Waals surface area (Å²) in [6.45, 7) is 0.866. The molecule has 0 radical (unpaired) electrons. The van der Waals surface area contributed by atoms with E-state index in [0.29, 0.717) is 23.9 Å². The normalized spacial score (nSPS) is 10.3. The van der Waals surface area contributed by atoms with Gasteiger partial charge in [-0.3, -0.25) is 4.79 Å². The fraction of sp³-hybridized carbons (Fsp3) is 0.150. The van der Waals surface area contributed by atoms with E-state index in [4.69, 9.17) is 16.3 Å². The SMILES string of the molecule is COc1ccccc1CNc1ccc(C(=O)NCc2ccccc2Cl)nn1. The van der Waals surface area contributed by atoms with Gasteiger partial charge in [0.15, 0.2) is 5.69 Å². The highest BCUT2D eigenvalue weighted by molar-refractivity contribution is 6.31. The molecule has 0 fully saturated rings. The number of carbonyl (C=O) groups excluding carboxylic acids is 1. The fourth-order valence-corrected chi connectivity index (χ4v) is 2.69. The second-order valence-electron chi connectivity index (χ2n) is 5.74. The van der Waals surface area contributed by atoms with Gasteiger partial charge in [0.25, 0.3) is 5.91 Å². The van der Waals surface area contributed by atoms with Gasteiger partial charge >= 0.3 is 0 Å². The Morgan fingerprint density at radius 2 is 1.70 bits per heavy atom. The Hall–Kier alpha value is -3.12. The highest BCUT2D eigenvalue weighted by Gasteiger charge is 2.09. The predicted octanol–water partition coefficient (Wildman–Crippen LogP) is 3.68. The third-order valence-corrected chi connectivity index (χ3v) is 4.32. The third-order valence-electron chi connectivity index (χ3n) is 3.95. The molecule has 2 N–H and O–H groups in total. The number of ether oxygens (including phenoxy) is 1. The summed E-state index contributed by atoms with van der Waals surface area (Å²) in [5.41, 5.74) is 2.09. The van der Waals surface area contributed by atoms with Crippen LogP contribution in [0, 0.1) is 0 Å². The van der Waals surface area contributed by atoms with E-state index in [9.17, 15) is 4.79 Å². The maximum Gasteiger partial charge on any atom is 0.272 e. The number of nitrogens with one attached hydrogen (secondary N) is 2. The second-order valence-corrected chi connectivity index (χ2v) is 6.15. The van der Waals surface area contributed by atoms with Crippen molar-refractivity contribution in [1.29, 1.82) is 0 Å². The summed E-state index contributed by atoms with van der Waals surface area (Å²) in [5, 5.41) is 14.6. The minimum atomic E-state index is -0.307. The van der Waals surface area contributed by atoms with Crippen molar-refractivity contribution in [3.8, 4) is 5.75 Å². The van der Waals surface area contributed by atoms with Gasteiger partial charge in [0.05, 0.1) is 7.11 Å². The first-order valence-corrected chi connectivity index (χ1v) is 8.76. The summed E-state index contributed by atoms with van der Waals surface area (Å²) in [6.07, 6.45) is 0. The lowest BCUT2D eigenvalue weighted by atomic mass is 10.2. The van der Waals surface area contributed by atoms with Gasteiger partial charge < -0.3 is 15.4 Å². The maximum absolute atomic E-state index is 12.2. The molecule has 27 heavy (non-hydrogen) atoms. The van der Waals surface area contributed by atoms with Crippen molar-refractivity contribution >= 4 is 23.3 Å². The van der Waals surface area contributed by atoms with Crippen LogP contribution in [0.2, 0.25) is 5.02 Å². The first-order chi connectivity index (χ1) is 13.2. The number of halogens is 1. The van der Waals surface area contributed by atoms with Gasteiger partial charge in [-0.1, -0.05) is 48.0 Å². The minimum absolute atomic E-state index is 0.241. The molecule has 0 saturated carbocycles. The average Bonchev–Trinajstić information content (AvgIpc) is 2.72. The first-order valence-electron chi connectivity index (χ1n) is 8.38. The topological polar surface area (TPSA) is 76.1 Å². The molecule has 0 aliphatic heterocycles. The van der Waals surface area contributed by atoms with Crippen LogP contribution in [0.15, 0.2) is 60.7 Å². The average molecular weight is 383 g/mol. The highest BCUT2D eigenvalue weighted by Crippen LogP contribution is 2.18. The van der Waals surface area contributed by atoms with Crippen molar-refractivity contribution in [2.75, 3.05) is 12.4 Å². The zero-order valence-corrected chi connectivity index (χ0v) is 15.5. The molecule has 0 saturated heterocycles. The number of benzene rings is 2. The predicted molar refractivity (Wildman–Crippen MR) is 105 cm³/mol. The van der Waals surface area contributed by atoms with E-state index in [1.807, 2.05) is 42.5 Å². The molecule has 1 amide bonds.